The van der Waals surface area contributed by atoms with Gasteiger partial charge in [-0.05, 0) is 59.8 Å². The fourth-order valence-electron chi connectivity index (χ4n) is 0.842. The molecule has 0 aliphatic carbocycles. The summed E-state index contributed by atoms with van der Waals surface area (Å²) in [5, 5.41) is 0. The van der Waals surface area contributed by atoms with E-state index < -0.39 is 0 Å². The minimum atomic E-state index is 0.222. The fourth-order valence-corrected chi connectivity index (χ4v) is 1.39. The number of halogens is 1. The van der Waals surface area contributed by atoms with Crippen LogP contribution in [0.15, 0.2) is 29.2 Å². The summed E-state index contributed by atoms with van der Waals surface area (Å²) in [5.74, 6) is 0.888. The second-order valence-electron chi connectivity index (χ2n) is 2.72. The molecular weight excluding hydrogens is 192 g/mol. The van der Waals surface area contributed by atoms with Gasteiger partial charge in [-0.15, -0.1) is 0 Å². The maximum atomic E-state index is 5.56. The molecule has 0 saturated heterocycles. The first kappa shape index (κ1) is 9.75. The zero-order valence-electron chi connectivity index (χ0n) is 7.08. The van der Waals surface area contributed by atoms with Gasteiger partial charge in [-0.1, -0.05) is 0 Å². The second-order valence-corrected chi connectivity index (χ2v) is 3.80. The van der Waals surface area contributed by atoms with Gasteiger partial charge in [-0.25, -0.2) is 0 Å². The van der Waals surface area contributed by atoms with Gasteiger partial charge in [-0.2, -0.15) is 0 Å². The van der Waals surface area contributed by atoms with Crippen molar-refractivity contribution in [2.45, 2.75) is 24.8 Å². The largest absolute Gasteiger partial charge is 0.491 e. The Hall–Kier alpha value is -0.340. The molecule has 0 amide bonds. The van der Waals surface area contributed by atoms with Crippen LogP contribution in [0, 0.1) is 0 Å². The van der Waals surface area contributed by atoms with Crippen molar-refractivity contribution < 1.29 is 4.74 Å². The Bertz CT molecular complexity index is 233. The van der Waals surface area contributed by atoms with Gasteiger partial charge in [0, 0.05) is 4.90 Å². The summed E-state index contributed by atoms with van der Waals surface area (Å²) in [6.45, 7) is 4.01. The van der Waals surface area contributed by atoms with Gasteiger partial charge >= 0.3 is 0 Å². The first-order valence-electron chi connectivity index (χ1n) is 3.77. The summed E-state index contributed by atoms with van der Waals surface area (Å²) in [7, 11) is 6.77. The lowest BCUT2D eigenvalue weighted by Gasteiger charge is -2.08. The van der Waals surface area contributed by atoms with Crippen LogP contribution in [0.25, 0.3) is 0 Å². The predicted octanol–water partition coefficient (Wildman–Crippen LogP) is 3.72. The molecule has 0 aromatic heterocycles. The van der Waals surface area contributed by atoms with E-state index in [1.165, 1.54) is 11.0 Å². The molecule has 0 saturated carbocycles. The third-order valence-corrected chi connectivity index (χ3v) is 2.27. The van der Waals surface area contributed by atoms with Crippen molar-refractivity contribution in [3.05, 3.63) is 24.3 Å². The molecular formula is C9H11ClOS. The number of hydrogen-bond acceptors (Lipinski definition) is 2. The monoisotopic (exact) mass is 202 g/mol. The Balaban J connectivity index is 2.65. The van der Waals surface area contributed by atoms with Crippen LogP contribution in [-0.2, 0) is 0 Å². The lowest BCUT2D eigenvalue weighted by Crippen LogP contribution is -2.04. The average Bonchev–Trinajstić information content (AvgIpc) is 2.05. The van der Waals surface area contributed by atoms with Crippen molar-refractivity contribution in [3.8, 4) is 5.75 Å². The molecule has 0 spiro atoms. The molecule has 66 valence electrons. The standard InChI is InChI=1S/C9H11ClOS/c1-7(2)11-8-3-5-9(12-10)6-4-8/h3-7H,1-2H3. The van der Waals surface area contributed by atoms with E-state index in [1.54, 1.807) is 0 Å². The van der Waals surface area contributed by atoms with E-state index in [9.17, 15) is 0 Å². The summed E-state index contributed by atoms with van der Waals surface area (Å²) in [5.41, 5.74) is 0. The molecule has 0 N–H and O–H groups in total. The molecule has 0 heterocycles. The highest BCUT2D eigenvalue weighted by Crippen LogP contribution is 2.24. The zero-order valence-corrected chi connectivity index (χ0v) is 8.65. The summed E-state index contributed by atoms with van der Waals surface area (Å²) < 4.78 is 5.46. The second kappa shape index (κ2) is 4.63. The molecule has 0 fully saturated rings. The van der Waals surface area contributed by atoms with Gasteiger partial charge in [0.15, 0.2) is 0 Å². The molecule has 0 aliphatic rings. The highest BCUT2D eigenvalue weighted by molar-refractivity contribution is 8.21. The Morgan fingerprint density at radius 1 is 1.25 bits per heavy atom. The van der Waals surface area contributed by atoms with Gasteiger partial charge in [0.1, 0.15) is 5.75 Å². The average molecular weight is 203 g/mol. The number of ether oxygens (including phenoxy) is 1. The minimum absolute atomic E-state index is 0.222. The Morgan fingerprint density at radius 3 is 2.25 bits per heavy atom. The third-order valence-electron chi connectivity index (χ3n) is 1.28. The van der Waals surface area contributed by atoms with E-state index in [0.717, 1.165) is 10.6 Å². The van der Waals surface area contributed by atoms with Crippen LogP contribution >= 0.6 is 21.7 Å². The zero-order chi connectivity index (χ0) is 8.97. The highest BCUT2D eigenvalue weighted by Gasteiger charge is 1.96. The van der Waals surface area contributed by atoms with Crippen molar-refractivity contribution >= 4 is 21.7 Å². The topological polar surface area (TPSA) is 9.23 Å². The van der Waals surface area contributed by atoms with Crippen molar-refractivity contribution in [3.63, 3.8) is 0 Å². The first-order valence-corrected chi connectivity index (χ1v) is 5.42. The van der Waals surface area contributed by atoms with Gasteiger partial charge in [-0.3, -0.25) is 0 Å². The number of benzene rings is 1. The van der Waals surface area contributed by atoms with Gasteiger partial charge < -0.3 is 4.74 Å². The van der Waals surface area contributed by atoms with Crippen LogP contribution in [0.4, 0.5) is 0 Å². The minimum Gasteiger partial charge on any atom is -0.491 e. The molecule has 0 radical (unpaired) electrons. The van der Waals surface area contributed by atoms with Crippen molar-refractivity contribution in [2.75, 3.05) is 0 Å². The summed E-state index contributed by atoms with van der Waals surface area (Å²) in [4.78, 5) is 1.03. The fraction of sp³-hybridized carbons (Fsp3) is 0.333. The van der Waals surface area contributed by atoms with Crippen molar-refractivity contribution in [1.29, 1.82) is 0 Å². The highest BCUT2D eigenvalue weighted by atomic mass is 35.7. The van der Waals surface area contributed by atoms with Gasteiger partial charge in [0.25, 0.3) is 0 Å². The summed E-state index contributed by atoms with van der Waals surface area (Å²) in [6.07, 6.45) is 0.222. The summed E-state index contributed by atoms with van der Waals surface area (Å²) >= 11 is 0. The SMILES string of the molecule is CC(C)Oc1ccc(SCl)cc1. The molecule has 1 rings (SSSR count). The molecule has 0 bridgehead atoms. The van der Waals surface area contributed by atoms with Crippen molar-refractivity contribution in [1.82, 2.24) is 0 Å². The van der Waals surface area contributed by atoms with Crippen LogP contribution in [0.2, 0.25) is 0 Å². The van der Waals surface area contributed by atoms with Crippen LogP contribution in [-0.4, -0.2) is 6.10 Å². The molecule has 0 aliphatic heterocycles. The molecule has 1 nitrogen and oxygen atoms in total. The third kappa shape index (κ3) is 2.95. The van der Waals surface area contributed by atoms with Crippen LogP contribution in [0.5, 0.6) is 5.75 Å². The van der Waals surface area contributed by atoms with E-state index in [4.69, 9.17) is 15.4 Å². The van der Waals surface area contributed by atoms with Crippen LogP contribution in [0.3, 0.4) is 0 Å². The molecule has 12 heavy (non-hydrogen) atoms. The smallest absolute Gasteiger partial charge is 0.119 e. The van der Waals surface area contributed by atoms with Crippen molar-refractivity contribution in [2.24, 2.45) is 0 Å². The molecule has 0 unspecified atom stereocenters. The first-order chi connectivity index (χ1) is 5.72. The van der Waals surface area contributed by atoms with E-state index in [2.05, 4.69) is 0 Å². The Morgan fingerprint density at radius 2 is 1.83 bits per heavy atom. The molecule has 3 heteroatoms. The Labute approximate surface area is 81.6 Å². The van der Waals surface area contributed by atoms with Gasteiger partial charge in [0.05, 0.1) is 6.10 Å². The maximum absolute atomic E-state index is 5.56. The van der Waals surface area contributed by atoms with Gasteiger partial charge in [0.2, 0.25) is 0 Å². The number of rotatable bonds is 3. The Kier molecular flexibility index (Phi) is 3.76. The predicted molar refractivity (Wildman–Crippen MR) is 53.9 cm³/mol. The lowest BCUT2D eigenvalue weighted by atomic mass is 10.3. The van der Waals surface area contributed by atoms with Crippen LogP contribution in [0.1, 0.15) is 13.8 Å². The van der Waals surface area contributed by atoms with E-state index in [-0.39, 0.29) is 6.10 Å². The van der Waals surface area contributed by atoms with E-state index >= 15 is 0 Å². The quantitative estimate of drug-likeness (QED) is 0.739. The molecule has 1 aromatic rings. The lowest BCUT2D eigenvalue weighted by molar-refractivity contribution is 0.242. The molecule has 0 atom stereocenters. The summed E-state index contributed by atoms with van der Waals surface area (Å²) in [6, 6.07) is 7.72. The maximum Gasteiger partial charge on any atom is 0.119 e. The van der Waals surface area contributed by atoms with E-state index in [1.807, 2.05) is 38.1 Å². The molecule has 1 aromatic carbocycles. The number of hydrogen-bond donors (Lipinski definition) is 0. The normalized spacial score (nSPS) is 10.3. The van der Waals surface area contributed by atoms with Crippen LogP contribution < -0.4 is 4.74 Å². The van der Waals surface area contributed by atoms with E-state index in [0.29, 0.717) is 0 Å².